The van der Waals surface area contributed by atoms with Crippen LogP contribution in [-0.4, -0.2) is 35.8 Å². The normalized spacial score (nSPS) is 17.6. The Hall–Kier alpha value is -2.37. The molecule has 5 nitrogen and oxygen atoms in total. The molecule has 2 aromatic rings. The Morgan fingerprint density at radius 1 is 1.07 bits per heavy atom. The first-order valence-corrected chi connectivity index (χ1v) is 9.06. The lowest BCUT2D eigenvalue weighted by Crippen LogP contribution is -2.45. The highest BCUT2D eigenvalue weighted by atomic mass is 35.5. The highest BCUT2D eigenvalue weighted by Crippen LogP contribution is 2.21. The zero-order valence-electron chi connectivity index (χ0n) is 15.4. The van der Waals surface area contributed by atoms with Gasteiger partial charge in [-0.2, -0.15) is 0 Å². The number of anilines is 1. The van der Waals surface area contributed by atoms with Crippen molar-refractivity contribution in [2.75, 3.05) is 18.4 Å². The average Bonchev–Trinajstić information content (AvgIpc) is 2.68. The van der Waals surface area contributed by atoms with E-state index in [-0.39, 0.29) is 30.3 Å². The van der Waals surface area contributed by atoms with E-state index in [2.05, 4.69) is 5.32 Å². The Morgan fingerprint density at radius 3 is 2.37 bits per heavy atom. The van der Waals surface area contributed by atoms with Gasteiger partial charge in [-0.1, -0.05) is 18.2 Å². The van der Waals surface area contributed by atoms with Gasteiger partial charge in [-0.25, -0.2) is 0 Å². The van der Waals surface area contributed by atoms with Crippen molar-refractivity contribution >= 4 is 29.9 Å². The van der Waals surface area contributed by atoms with E-state index in [0.29, 0.717) is 29.3 Å². The lowest BCUT2D eigenvalue weighted by molar-refractivity contribution is 0.0661. The quantitative estimate of drug-likeness (QED) is 0.842. The monoisotopic (exact) mass is 387 g/mol. The molecule has 3 rings (SSSR count). The second-order valence-electron chi connectivity index (χ2n) is 6.91. The molecule has 0 saturated carbocycles. The minimum absolute atomic E-state index is 0. The molecule has 2 atom stereocenters. The number of carbonyl (C=O) groups is 2. The molecule has 2 unspecified atom stereocenters. The van der Waals surface area contributed by atoms with E-state index in [4.69, 9.17) is 5.73 Å². The van der Waals surface area contributed by atoms with Crippen molar-refractivity contribution in [2.45, 2.75) is 25.8 Å². The highest BCUT2D eigenvalue weighted by Gasteiger charge is 2.26. The predicted octanol–water partition coefficient (Wildman–Crippen LogP) is 3.56. The molecule has 2 aromatic carbocycles. The molecule has 27 heavy (non-hydrogen) atoms. The van der Waals surface area contributed by atoms with Crippen molar-refractivity contribution < 1.29 is 9.59 Å². The lowest BCUT2D eigenvalue weighted by Gasteiger charge is -2.34. The van der Waals surface area contributed by atoms with Crippen molar-refractivity contribution in [3.63, 3.8) is 0 Å². The number of rotatable bonds is 4. The maximum atomic E-state index is 12.7. The van der Waals surface area contributed by atoms with Crippen molar-refractivity contribution in [3.05, 3.63) is 65.7 Å². The summed E-state index contributed by atoms with van der Waals surface area (Å²) in [7, 11) is 0. The molecule has 3 N–H and O–H groups in total. The van der Waals surface area contributed by atoms with Crippen LogP contribution in [-0.2, 0) is 0 Å². The summed E-state index contributed by atoms with van der Waals surface area (Å²) in [5.74, 6) is 0.217. The summed E-state index contributed by atoms with van der Waals surface area (Å²) in [6.07, 6.45) is 2.06. The first-order valence-electron chi connectivity index (χ1n) is 9.06. The van der Waals surface area contributed by atoms with Gasteiger partial charge >= 0.3 is 0 Å². The molecule has 0 bridgehead atoms. The molecular weight excluding hydrogens is 362 g/mol. The average molecular weight is 388 g/mol. The van der Waals surface area contributed by atoms with Gasteiger partial charge in [-0.3, -0.25) is 9.59 Å². The standard InChI is InChI=1S/C21H25N3O2.ClH/c1-15(22)18-8-5-13-24(14-18)21(26)17-9-11-19(12-10-17)23-20(25)16-6-3-2-4-7-16;/h2-4,6-7,9-12,15,18H,5,8,13-14,22H2,1H3,(H,23,25);1H. The van der Waals surface area contributed by atoms with Gasteiger partial charge in [0.2, 0.25) is 0 Å². The van der Waals surface area contributed by atoms with Crippen LogP contribution in [0.15, 0.2) is 54.6 Å². The zero-order chi connectivity index (χ0) is 18.5. The Morgan fingerprint density at radius 2 is 1.74 bits per heavy atom. The molecule has 1 saturated heterocycles. The number of carbonyl (C=O) groups excluding carboxylic acids is 2. The topological polar surface area (TPSA) is 75.4 Å². The first-order chi connectivity index (χ1) is 12.5. The number of halogens is 1. The van der Waals surface area contributed by atoms with Gasteiger partial charge in [0.1, 0.15) is 0 Å². The lowest BCUT2D eigenvalue weighted by atomic mass is 9.92. The Labute approximate surface area is 166 Å². The number of nitrogens with two attached hydrogens (primary N) is 1. The van der Waals surface area contributed by atoms with Crippen LogP contribution in [0.25, 0.3) is 0 Å². The molecule has 1 fully saturated rings. The maximum Gasteiger partial charge on any atom is 0.255 e. The van der Waals surface area contributed by atoms with Crippen LogP contribution in [0.4, 0.5) is 5.69 Å². The number of amides is 2. The third-order valence-corrected chi connectivity index (χ3v) is 4.91. The van der Waals surface area contributed by atoms with Crippen LogP contribution < -0.4 is 11.1 Å². The molecular formula is C21H26ClN3O2. The van der Waals surface area contributed by atoms with Crippen molar-refractivity contribution in [2.24, 2.45) is 11.7 Å². The molecule has 0 spiro atoms. The Bertz CT molecular complexity index is 763. The molecule has 2 amide bonds. The molecule has 144 valence electrons. The summed E-state index contributed by atoms with van der Waals surface area (Å²) in [4.78, 5) is 26.8. The molecule has 0 aliphatic carbocycles. The molecule has 1 aliphatic heterocycles. The fourth-order valence-corrected chi connectivity index (χ4v) is 3.30. The van der Waals surface area contributed by atoms with Crippen molar-refractivity contribution in [3.8, 4) is 0 Å². The minimum atomic E-state index is -0.166. The minimum Gasteiger partial charge on any atom is -0.338 e. The summed E-state index contributed by atoms with van der Waals surface area (Å²) in [5.41, 5.74) is 7.91. The largest absolute Gasteiger partial charge is 0.338 e. The number of benzene rings is 2. The van der Waals surface area contributed by atoms with E-state index in [1.54, 1.807) is 36.4 Å². The number of nitrogens with one attached hydrogen (secondary N) is 1. The smallest absolute Gasteiger partial charge is 0.255 e. The van der Waals surface area contributed by atoms with Crippen LogP contribution in [0.1, 0.15) is 40.5 Å². The third kappa shape index (κ3) is 5.31. The van der Waals surface area contributed by atoms with E-state index < -0.39 is 0 Å². The summed E-state index contributed by atoms with van der Waals surface area (Å²) in [5, 5.41) is 2.85. The van der Waals surface area contributed by atoms with Gasteiger partial charge in [0, 0.05) is 35.9 Å². The Kier molecular flexibility index (Phi) is 7.39. The fourth-order valence-electron chi connectivity index (χ4n) is 3.30. The fraction of sp³-hybridized carbons (Fsp3) is 0.333. The molecule has 1 aliphatic rings. The molecule has 6 heteroatoms. The van der Waals surface area contributed by atoms with Crippen LogP contribution in [0.2, 0.25) is 0 Å². The van der Waals surface area contributed by atoms with Gasteiger partial charge in [-0.05, 0) is 62.1 Å². The summed E-state index contributed by atoms with van der Waals surface area (Å²) >= 11 is 0. The third-order valence-electron chi connectivity index (χ3n) is 4.91. The summed E-state index contributed by atoms with van der Waals surface area (Å²) in [6, 6.07) is 16.2. The van der Waals surface area contributed by atoms with Gasteiger partial charge in [0.25, 0.3) is 11.8 Å². The van der Waals surface area contributed by atoms with E-state index in [1.807, 2.05) is 30.0 Å². The van der Waals surface area contributed by atoms with Gasteiger partial charge in [0.05, 0.1) is 0 Å². The second kappa shape index (κ2) is 9.53. The predicted molar refractivity (Wildman–Crippen MR) is 110 cm³/mol. The molecule has 0 radical (unpaired) electrons. The number of piperidine rings is 1. The maximum absolute atomic E-state index is 12.7. The van der Waals surface area contributed by atoms with E-state index in [0.717, 1.165) is 19.4 Å². The van der Waals surface area contributed by atoms with E-state index in [9.17, 15) is 9.59 Å². The van der Waals surface area contributed by atoms with E-state index >= 15 is 0 Å². The molecule has 0 aromatic heterocycles. The second-order valence-corrected chi connectivity index (χ2v) is 6.91. The first kappa shape index (κ1) is 20.9. The van der Waals surface area contributed by atoms with Crippen molar-refractivity contribution in [1.29, 1.82) is 0 Å². The number of nitrogens with zero attached hydrogens (tertiary/aromatic N) is 1. The van der Waals surface area contributed by atoms with Crippen LogP contribution in [0.5, 0.6) is 0 Å². The number of likely N-dealkylation sites (tertiary alicyclic amines) is 1. The SMILES string of the molecule is CC(N)C1CCCN(C(=O)c2ccc(NC(=O)c3ccccc3)cc2)C1.Cl. The Balaban J connectivity index is 0.00000261. The number of hydrogen-bond donors (Lipinski definition) is 2. The summed E-state index contributed by atoms with van der Waals surface area (Å²) in [6.45, 7) is 3.49. The van der Waals surface area contributed by atoms with E-state index in [1.165, 1.54) is 0 Å². The highest BCUT2D eigenvalue weighted by molar-refractivity contribution is 6.04. The summed E-state index contributed by atoms with van der Waals surface area (Å²) < 4.78 is 0. The zero-order valence-corrected chi connectivity index (χ0v) is 16.2. The number of hydrogen-bond acceptors (Lipinski definition) is 3. The van der Waals surface area contributed by atoms with Crippen LogP contribution in [0, 0.1) is 5.92 Å². The van der Waals surface area contributed by atoms with Gasteiger partial charge < -0.3 is 16.0 Å². The van der Waals surface area contributed by atoms with Gasteiger partial charge in [0.15, 0.2) is 0 Å². The molecule has 1 heterocycles. The van der Waals surface area contributed by atoms with Gasteiger partial charge in [-0.15, -0.1) is 12.4 Å². The van der Waals surface area contributed by atoms with Crippen LogP contribution >= 0.6 is 12.4 Å². The van der Waals surface area contributed by atoms with Crippen LogP contribution in [0.3, 0.4) is 0 Å². The van der Waals surface area contributed by atoms with Crippen molar-refractivity contribution in [1.82, 2.24) is 4.90 Å².